The van der Waals surface area contributed by atoms with Gasteiger partial charge >= 0.3 is 0 Å². The molecule has 0 aromatic heterocycles. The van der Waals surface area contributed by atoms with Gasteiger partial charge in [-0.2, -0.15) is 0 Å². The van der Waals surface area contributed by atoms with Crippen molar-refractivity contribution < 1.29 is 18.0 Å². The zero-order valence-corrected chi connectivity index (χ0v) is 21.4. The molecule has 1 fully saturated rings. The fourth-order valence-electron chi connectivity index (χ4n) is 3.93. The van der Waals surface area contributed by atoms with Gasteiger partial charge in [-0.3, -0.25) is 14.3 Å². The molecule has 0 saturated carbocycles. The highest BCUT2D eigenvalue weighted by Gasteiger charge is 2.34. The van der Waals surface area contributed by atoms with Crippen LogP contribution in [0.3, 0.4) is 0 Å². The van der Waals surface area contributed by atoms with Gasteiger partial charge in [-0.15, -0.1) is 0 Å². The summed E-state index contributed by atoms with van der Waals surface area (Å²) in [6, 6.07) is 12.7. The first-order valence-electron chi connectivity index (χ1n) is 11.7. The lowest BCUT2D eigenvalue weighted by molar-refractivity contribution is -0.125. The number of carbonyl (C=O) groups excluding carboxylic acids is 2. The Hall–Kier alpha value is -2.87. The van der Waals surface area contributed by atoms with Crippen LogP contribution in [-0.2, 0) is 20.2 Å². The summed E-state index contributed by atoms with van der Waals surface area (Å²) < 4.78 is 28.4. The van der Waals surface area contributed by atoms with E-state index in [1.165, 1.54) is 6.07 Å². The number of rotatable bonds is 7. The molecule has 1 aliphatic heterocycles. The van der Waals surface area contributed by atoms with E-state index in [1.807, 2.05) is 26.0 Å². The number of benzene rings is 2. The Kier molecular flexibility index (Phi) is 7.70. The number of likely N-dealkylation sites (tertiary alicyclic amines) is 1. The SMILES string of the molecule is CC(C)CNC(=O)[C@@H]1CCCN1C(=O)c1cccc(NS(=O)(=O)c2ccc(C(C)(C)C)cc2)c1. The number of amides is 2. The fourth-order valence-corrected chi connectivity index (χ4v) is 4.98. The lowest BCUT2D eigenvalue weighted by Crippen LogP contribution is -2.46. The van der Waals surface area contributed by atoms with Crippen LogP contribution < -0.4 is 10.0 Å². The van der Waals surface area contributed by atoms with Gasteiger partial charge < -0.3 is 10.2 Å². The molecule has 7 nitrogen and oxygen atoms in total. The third-order valence-corrected chi connectivity index (χ3v) is 7.29. The van der Waals surface area contributed by atoms with Crippen LogP contribution in [0.5, 0.6) is 0 Å². The first-order chi connectivity index (χ1) is 15.9. The van der Waals surface area contributed by atoms with Crippen LogP contribution in [0, 0.1) is 5.92 Å². The number of nitrogens with one attached hydrogen (secondary N) is 2. The summed E-state index contributed by atoms with van der Waals surface area (Å²) in [6.07, 6.45) is 1.37. The third-order valence-electron chi connectivity index (χ3n) is 5.89. The van der Waals surface area contributed by atoms with Crippen LogP contribution in [-0.4, -0.2) is 44.3 Å². The normalized spacial score (nSPS) is 16.5. The highest BCUT2D eigenvalue weighted by Crippen LogP contribution is 2.25. The molecule has 0 aliphatic carbocycles. The standard InChI is InChI=1S/C26H35N3O4S/c1-18(2)17-27-24(30)23-10-7-15-29(23)25(31)19-8-6-9-21(16-19)28-34(32,33)22-13-11-20(12-14-22)26(3,4)5/h6,8-9,11-14,16,18,23,28H,7,10,15,17H2,1-5H3,(H,27,30)/t23-/m0/s1. The molecule has 2 aromatic carbocycles. The van der Waals surface area contributed by atoms with Gasteiger partial charge in [0, 0.05) is 24.3 Å². The zero-order chi connectivity index (χ0) is 25.1. The van der Waals surface area contributed by atoms with Gasteiger partial charge in [0.25, 0.3) is 15.9 Å². The predicted molar refractivity (Wildman–Crippen MR) is 134 cm³/mol. The summed E-state index contributed by atoms with van der Waals surface area (Å²) in [4.78, 5) is 27.5. The van der Waals surface area contributed by atoms with Crippen LogP contribution in [0.4, 0.5) is 5.69 Å². The Bertz CT molecular complexity index is 1140. The molecule has 0 unspecified atom stereocenters. The van der Waals surface area contributed by atoms with Crippen molar-refractivity contribution in [2.24, 2.45) is 5.92 Å². The molecule has 2 amide bonds. The quantitative estimate of drug-likeness (QED) is 0.616. The Balaban J connectivity index is 1.75. The van der Waals surface area contributed by atoms with Crippen molar-refractivity contribution in [3.05, 3.63) is 59.7 Å². The molecule has 1 heterocycles. The molecule has 1 atom stereocenters. The van der Waals surface area contributed by atoms with E-state index in [-0.39, 0.29) is 22.1 Å². The summed E-state index contributed by atoms with van der Waals surface area (Å²) in [5.41, 5.74) is 1.60. The van der Waals surface area contributed by atoms with Crippen molar-refractivity contribution in [1.82, 2.24) is 10.2 Å². The van der Waals surface area contributed by atoms with Crippen molar-refractivity contribution in [2.45, 2.75) is 63.8 Å². The number of hydrogen-bond acceptors (Lipinski definition) is 4. The van der Waals surface area contributed by atoms with Crippen LogP contribution in [0.2, 0.25) is 0 Å². The monoisotopic (exact) mass is 485 g/mol. The lowest BCUT2D eigenvalue weighted by atomic mass is 9.87. The topological polar surface area (TPSA) is 95.6 Å². The first-order valence-corrected chi connectivity index (χ1v) is 13.2. The molecule has 0 radical (unpaired) electrons. The third kappa shape index (κ3) is 6.17. The minimum Gasteiger partial charge on any atom is -0.354 e. The van der Waals surface area contributed by atoms with E-state index in [4.69, 9.17) is 0 Å². The molecule has 0 bridgehead atoms. The highest BCUT2D eigenvalue weighted by molar-refractivity contribution is 7.92. The Labute approximate surface area is 203 Å². The minimum atomic E-state index is -3.82. The summed E-state index contributed by atoms with van der Waals surface area (Å²) >= 11 is 0. The fraction of sp³-hybridized carbons (Fsp3) is 0.462. The smallest absolute Gasteiger partial charge is 0.261 e. The molecule has 2 N–H and O–H groups in total. The molecule has 34 heavy (non-hydrogen) atoms. The molecule has 184 valence electrons. The van der Waals surface area contributed by atoms with Crippen molar-refractivity contribution in [1.29, 1.82) is 0 Å². The van der Waals surface area contributed by atoms with Crippen LogP contribution in [0.25, 0.3) is 0 Å². The van der Waals surface area contributed by atoms with E-state index in [9.17, 15) is 18.0 Å². The molecule has 1 saturated heterocycles. The second-order valence-corrected chi connectivity index (χ2v) is 11.9. The largest absolute Gasteiger partial charge is 0.354 e. The number of hydrogen-bond donors (Lipinski definition) is 2. The van der Waals surface area contributed by atoms with Gasteiger partial charge in [-0.1, -0.05) is 52.8 Å². The maximum atomic E-state index is 13.2. The Morgan fingerprint density at radius 2 is 1.76 bits per heavy atom. The van der Waals surface area contributed by atoms with E-state index in [2.05, 4.69) is 30.8 Å². The highest BCUT2D eigenvalue weighted by atomic mass is 32.2. The summed E-state index contributed by atoms with van der Waals surface area (Å²) in [6.45, 7) is 11.3. The number of sulfonamides is 1. The Morgan fingerprint density at radius 1 is 1.09 bits per heavy atom. The summed E-state index contributed by atoms with van der Waals surface area (Å²) in [5.74, 6) is -0.100. The van der Waals surface area contributed by atoms with Gasteiger partial charge in [0.2, 0.25) is 5.91 Å². The maximum absolute atomic E-state index is 13.2. The van der Waals surface area contributed by atoms with Gasteiger partial charge in [-0.05, 0) is 60.1 Å². The second kappa shape index (κ2) is 10.2. The van der Waals surface area contributed by atoms with Crippen LogP contribution >= 0.6 is 0 Å². The average Bonchev–Trinajstić information content (AvgIpc) is 3.26. The first kappa shape index (κ1) is 25.7. The van der Waals surface area contributed by atoms with Crippen molar-refractivity contribution >= 4 is 27.5 Å². The molecule has 0 spiro atoms. The average molecular weight is 486 g/mol. The lowest BCUT2D eigenvalue weighted by Gasteiger charge is -2.24. The van der Waals surface area contributed by atoms with Crippen molar-refractivity contribution in [3.8, 4) is 0 Å². The molecule has 8 heteroatoms. The van der Waals surface area contributed by atoms with Crippen molar-refractivity contribution in [2.75, 3.05) is 17.8 Å². The van der Waals surface area contributed by atoms with Crippen LogP contribution in [0.15, 0.2) is 53.4 Å². The van der Waals surface area contributed by atoms with E-state index in [0.29, 0.717) is 36.7 Å². The van der Waals surface area contributed by atoms with Gasteiger partial charge in [0.15, 0.2) is 0 Å². The van der Waals surface area contributed by atoms with E-state index < -0.39 is 16.1 Å². The maximum Gasteiger partial charge on any atom is 0.261 e. The molecule has 1 aliphatic rings. The zero-order valence-electron chi connectivity index (χ0n) is 20.6. The molecular weight excluding hydrogens is 450 g/mol. The van der Waals surface area contributed by atoms with Gasteiger partial charge in [-0.25, -0.2) is 8.42 Å². The molecule has 3 rings (SSSR count). The van der Waals surface area contributed by atoms with E-state index in [1.54, 1.807) is 35.2 Å². The van der Waals surface area contributed by atoms with Crippen LogP contribution in [0.1, 0.15) is 63.4 Å². The Morgan fingerprint density at radius 3 is 2.38 bits per heavy atom. The van der Waals surface area contributed by atoms with E-state index in [0.717, 1.165) is 12.0 Å². The van der Waals surface area contributed by atoms with E-state index >= 15 is 0 Å². The number of anilines is 1. The van der Waals surface area contributed by atoms with Gasteiger partial charge in [0.1, 0.15) is 6.04 Å². The van der Waals surface area contributed by atoms with Crippen molar-refractivity contribution in [3.63, 3.8) is 0 Å². The molecular formula is C26H35N3O4S. The minimum absolute atomic E-state index is 0.0798. The number of carbonyl (C=O) groups is 2. The number of nitrogens with zero attached hydrogens (tertiary/aromatic N) is 1. The predicted octanol–water partition coefficient (Wildman–Crippen LogP) is 4.16. The van der Waals surface area contributed by atoms with Gasteiger partial charge in [0.05, 0.1) is 4.90 Å². The summed E-state index contributed by atoms with van der Waals surface area (Å²) in [5, 5.41) is 2.91. The molecule has 2 aromatic rings. The summed E-state index contributed by atoms with van der Waals surface area (Å²) in [7, 11) is -3.82. The second-order valence-electron chi connectivity index (χ2n) is 10.3.